The molecular formula is C31H32FNO6. The first-order valence-corrected chi connectivity index (χ1v) is 12.8. The van der Waals surface area contributed by atoms with Crippen LogP contribution in [0, 0.1) is 11.7 Å². The number of aliphatic hydroxyl groups is 1. The number of nitrogens with zero attached hydrogens (tertiary/aromatic N) is 1. The predicted molar refractivity (Wildman–Crippen MR) is 145 cm³/mol. The van der Waals surface area contributed by atoms with Crippen LogP contribution in [0.4, 0.5) is 4.39 Å². The number of aliphatic hydroxyl groups excluding tert-OH is 1. The van der Waals surface area contributed by atoms with Gasteiger partial charge in [0, 0.05) is 19.2 Å². The highest BCUT2D eigenvalue weighted by molar-refractivity contribution is 6.46. The zero-order valence-corrected chi connectivity index (χ0v) is 22.2. The molecule has 39 heavy (non-hydrogen) atoms. The Morgan fingerprint density at radius 1 is 0.974 bits per heavy atom. The molecule has 7 nitrogen and oxygen atoms in total. The lowest BCUT2D eigenvalue weighted by Crippen LogP contribution is -2.32. The molecule has 8 heteroatoms. The van der Waals surface area contributed by atoms with Gasteiger partial charge in [0.2, 0.25) is 0 Å². The van der Waals surface area contributed by atoms with Gasteiger partial charge in [-0.2, -0.15) is 0 Å². The largest absolute Gasteiger partial charge is 0.507 e. The molecule has 1 atom stereocenters. The van der Waals surface area contributed by atoms with Crippen molar-refractivity contribution in [3.63, 3.8) is 0 Å². The number of rotatable bonds is 11. The molecule has 0 bridgehead atoms. The molecule has 1 heterocycles. The van der Waals surface area contributed by atoms with Crippen LogP contribution in [-0.4, -0.2) is 48.6 Å². The van der Waals surface area contributed by atoms with Gasteiger partial charge in [0.15, 0.2) is 0 Å². The predicted octanol–water partition coefficient (Wildman–Crippen LogP) is 5.51. The summed E-state index contributed by atoms with van der Waals surface area (Å²) in [5.41, 5.74) is 1.77. The van der Waals surface area contributed by atoms with Crippen molar-refractivity contribution in [2.45, 2.75) is 26.5 Å². The van der Waals surface area contributed by atoms with Crippen molar-refractivity contribution in [3.05, 3.63) is 101 Å². The zero-order valence-electron chi connectivity index (χ0n) is 22.2. The molecule has 0 radical (unpaired) electrons. The molecule has 0 aliphatic carbocycles. The first-order chi connectivity index (χ1) is 18.8. The van der Waals surface area contributed by atoms with Crippen molar-refractivity contribution in [1.82, 2.24) is 4.90 Å². The number of methoxy groups -OCH3 is 1. The maximum absolute atomic E-state index is 13.2. The lowest BCUT2D eigenvalue weighted by atomic mass is 9.95. The average molecular weight is 534 g/mol. The van der Waals surface area contributed by atoms with Gasteiger partial charge in [0.1, 0.15) is 29.7 Å². The molecule has 0 saturated carbocycles. The standard InChI is InChI=1S/C31H32FNO6/c1-20(2)18-38-25-13-9-22(10-14-25)29(34)27-28(33(15-16-37-3)31(36)30(27)35)23-5-4-6-26(17-23)39-19-21-7-11-24(32)12-8-21/h4-14,17,20,28,34H,15-16,18-19H2,1-3H3/b29-27-. The Balaban J connectivity index is 1.67. The van der Waals surface area contributed by atoms with Crippen LogP contribution in [0.5, 0.6) is 11.5 Å². The quantitative estimate of drug-likeness (QED) is 0.199. The lowest BCUT2D eigenvalue weighted by Gasteiger charge is -2.25. The molecule has 1 aliphatic heterocycles. The minimum absolute atomic E-state index is 0.0114. The topological polar surface area (TPSA) is 85.3 Å². The summed E-state index contributed by atoms with van der Waals surface area (Å²) in [6.07, 6.45) is 0. The number of amides is 1. The fourth-order valence-electron chi connectivity index (χ4n) is 4.30. The van der Waals surface area contributed by atoms with Crippen molar-refractivity contribution >= 4 is 17.4 Å². The van der Waals surface area contributed by atoms with Crippen LogP contribution in [0.25, 0.3) is 5.76 Å². The Bertz CT molecular complexity index is 1330. The van der Waals surface area contributed by atoms with E-state index in [4.69, 9.17) is 14.2 Å². The van der Waals surface area contributed by atoms with E-state index in [-0.39, 0.29) is 36.9 Å². The molecule has 1 fully saturated rings. The Kier molecular flexibility index (Phi) is 8.99. The van der Waals surface area contributed by atoms with E-state index in [0.717, 1.165) is 5.56 Å². The summed E-state index contributed by atoms with van der Waals surface area (Å²) in [5.74, 6) is -0.587. The molecule has 3 aromatic rings. The summed E-state index contributed by atoms with van der Waals surface area (Å²) in [5, 5.41) is 11.3. The fourth-order valence-corrected chi connectivity index (χ4v) is 4.30. The zero-order chi connectivity index (χ0) is 27.9. The molecule has 1 aliphatic rings. The van der Waals surface area contributed by atoms with E-state index in [9.17, 15) is 19.1 Å². The van der Waals surface area contributed by atoms with Crippen molar-refractivity contribution in [2.75, 3.05) is 26.9 Å². The van der Waals surface area contributed by atoms with Crippen molar-refractivity contribution < 1.29 is 33.3 Å². The summed E-state index contributed by atoms with van der Waals surface area (Å²) in [6, 6.07) is 18.9. The Morgan fingerprint density at radius 3 is 2.36 bits per heavy atom. The molecule has 0 spiro atoms. The number of hydrogen-bond acceptors (Lipinski definition) is 6. The van der Waals surface area contributed by atoms with Crippen LogP contribution >= 0.6 is 0 Å². The summed E-state index contributed by atoms with van der Waals surface area (Å²) in [4.78, 5) is 27.7. The van der Waals surface area contributed by atoms with E-state index in [2.05, 4.69) is 0 Å². The molecule has 1 amide bonds. The maximum Gasteiger partial charge on any atom is 0.295 e. The number of ketones is 1. The third-order valence-corrected chi connectivity index (χ3v) is 6.28. The van der Waals surface area contributed by atoms with Crippen LogP contribution < -0.4 is 9.47 Å². The minimum Gasteiger partial charge on any atom is -0.507 e. The van der Waals surface area contributed by atoms with E-state index in [1.165, 1.54) is 24.1 Å². The smallest absolute Gasteiger partial charge is 0.295 e. The number of likely N-dealkylation sites (tertiary alicyclic amines) is 1. The van der Waals surface area contributed by atoms with Crippen LogP contribution in [-0.2, 0) is 20.9 Å². The first-order valence-electron chi connectivity index (χ1n) is 12.8. The Morgan fingerprint density at radius 2 is 1.69 bits per heavy atom. The maximum atomic E-state index is 13.2. The normalized spacial score (nSPS) is 16.6. The van der Waals surface area contributed by atoms with Crippen LogP contribution in [0.2, 0.25) is 0 Å². The molecule has 1 N–H and O–H groups in total. The number of Topliss-reactive ketones (excluding diaryl/α,β-unsaturated/α-hetero) is 1. The monoisotopic (exact) mass is 533 g/mol. The van der Waals surface area contributed by atoms with Gasteiger partial charge in [-0.25, -0.2) is 4.39 Å². The Hall–Kier alpha value is -4.17. The molecular weight excluding hydrogens is 501 g/mol. The number of carbonyl (C=O) groups excluding carboxylic acids is 2. The molecule has 0 aromatic heterocycles. The number of hydrogen-bond donors (Lipinski definition) is 1. The third-order valence-electron chi connectivity index (χ3n) is 6.28. The summed E-state index contributed by atoms with van der Waals surface area (Å²) in [7, 11) is 1.51. The van der Waals surface area contributed by atoms with Gasteiger partial charge in [-0.05, 0) is 65.6 Å². The second-order valence-electron chi connectivity index (χ2n) is 9.70. The van der Waals surface area contributed by atoms with E-state index in [0.29, 0.717) is 35.2 Å². The van der Waals surface area contributed by atoms with Gasteiger partial charge in [-0.3, -0.25) is 9.59 Å². The van der Waals surface area contributed by atoms with Crippen LogP contribution in [0.15, 0.2) is 78.4 Å². The first kappa shape index (κ1) is 27.9. The summed E-state index contributed by atoms with van der Waals surface area (Å²) in [6.45, 7) is 5.23. The fraction of sp³-hybridized carbons (Fsp3) is 0.290. The van der Waals surface area contributed by atoms with Crippen LogP contribution in [0.1, 0.15) is 36.6 Å². The SMILES string of the molecule is COCCN1C(=O)C(=O)/C(=C(\O)c2ccc(OCC(C)C)cc2)C1c1cccc(OCc2ccc(F)cc2)c1. The van der Waals surface area contributed by atoms with Gasteiger partial charge >= 0.3 is 0 Å². The number of ether oxygens (including phenoxy) is 3. The second kappa shape index (κ2) is 12.6. The van der Waals surface area contributed by atoms with E-state index in [1.54, 1.807) is 60.7 Å². The number of halogens is 1. The van der Waals surface area contributed by atoms with Crippen LogP contribution in [0.3, 0.4) is 0 Å². The summed E-state index contributed by atoms with van der Waals surface area (Å²) >= 11 is 0. The van der Waals surface area contributed by atoms with E-state index < -0.39 is 17.7 Å². The number of benzene rings is 3. The summed E-state index contributed by atoms with van der Waals surface area (Å²) < 4.78 is 30.0. The van der Waals surface area contributed by atoms with Crippen molar-refractivity contribution in [3.8, 4) is 11.5 Å². The van der Waals surface area contributed by atoms with E-state index >= 15 is 0 Å². The van der Waals surface area contributed by atoms with Gasteiger partial charge < -0.3 is 24.2 Å². The number of carbonyl (C=O) groups is 2. The average Bonchev–Trinajstić information content (AvgIpc) is 3.19. The molecule has 1 unspecified atom stereocenters. The highest BCUT2D eigenvalue weighted by Crippen LogP contribution is 2.40. The molecule has 1 saturated heterocycles. The molecule has 3 aromatic carbocycles. The van der Waals surface area contributed by atoms with Gasteiger partial charge in [0.25, 0.3) is 11.7 Å². The van der Waals surface area contributed by atoms with Gasteiger partial charge in [-0.1, -0.05) is 38.1 Å². The molecule has 204 valence electrons. The van der Waals surface area contributed by atoms with Crippen molar-refractivity contribution in [2.24, 2.45) is 5.92 Å². The van der Waals surface area contributed by atoms with E-state index in [1.807, 2.05) is 13.8 Å². The molecule has 4 rings (SSSR count). The second-order valence-corrected chi connectivity index (χ2v) is 9.70. The highest BCUT2D eigenvalue weighted by Gasteiger charge is 2.46. The minimum atomic E-state index is -0.841. The third kappa shape index (κ3) is 6.64. The van der Waals surface area contributed by atoms with Gasteiger partial charge in [0.05, 0.1) is 24.8 Å². The highest BCUT2D eigenvalue weighted by atomic mass is 19.1. The Labute approximate surface area is 227 Å². The lowest BCUT2D eigenvalue weighted by molar-refractivity contribution is -0.140. The van der Waals surface area contributed by atoms with Crippen molar-refractivity contribution in [1.29, 1.82) is 0 Å². The van der Waals surface area contributed by atoms with Gasteiger partial charge in [-0.15, -0.1) is 0 Å².